The molecule has 34 heavy (non-hydrogen) atoms. The molecule has 0 bridgehead atoms. The van der Waals surface area contributed by atoms with Crippen molar-refractivity contribution < 1.29 is 19.1 Å². The molecule has 0 saturated heterocycles. The van der Waals surface area contributed by atoms with Crippen LogP contribution in [0.4, 0.5) is 0 Å². The number of methoxy groups -OCH3 is 2. The molecule has 0 spiro atoms. The van der Waals surface area contributed by atoms with Gasteiger partial charge in [-0.2, -0.15) is 0 Å². The molecule has 1 aliphatic carbocycles. The third-order valence-corrected chi connectivity index (χ3v) is 6.62. The predicted molar refractivity (Wildman–Crippen MR) is 134 cm³/mol. The largest absolute Gasteiger partial charge is 0.493 e. The number of halogens is 1. The first kappa shape index (κ1) is 25.9. The summed E-state index contributed by atoms with van der Waals surface area (Å²) in [5.74, 6) is 0.332. The fourth-order valence-corrected chi connectivity index (χ4v) is 4.64. The fourth-order valence-electron chi connectivity index (χ4n) is 4.49. The summed E-state index contributed by atoms with van der Waals surface area (Å²) in [6.45, 7) is 2.28. The van der Waals surface area contributed by atoms with Crippen molar-refractivity contribution in [3.8, 4) is 11.5 Å². The lowest BCUT2D eigenvalue weighted by atomic mass is 10.0. The number of alkyl halides is 1. The molecular weight excluding hydrogens is 452 g/mol. The second kappa shape index (κ2) is 12.7. The third kappa shape index (κ3) is 6.66. The summed E-state index contributed by atoms with van der Waals surface area (Å²) in [7, 11) is 3.12. The Morgan fingerprint density at radius 2 is 1.65 bits per heavy atom. The monoisotopic (exact) mass is 486 g/mol. The van der Waals surface area contributed by atoms with Crippen LogP contribution in [0.1, 0.15) is 61.3 Å². The maximum absolute atomic E-state index is 13.8. The number of hydrogen-bond donors (Lipinski definition) is 1. The Balaban J connectivity index is 2.00. The normalized spacial score (nSPS) is 15.2. The van der Waals surface area contributed by atoms with Gasteiger partial charge in [0.05, 0.1) is 14.2 Å². The Labute approximate surface area is 207 Å². The highest BCUT2D eigenvalue weighted by Gasteiger charge is 2.33. The van der Waals surface area contributed by atoms with Gasteiger partial charge in [-0.25, -0.2) is 0 Å². The Bertz CT molecular complexity index is 956. The van der Waals surface area contributed by atoms with Crippen LogP contribution in [0.5, 0.6) is 11.5 Å². The summed E-state index contributed by atoms with van der Waals surface area (Å²) in [5, 5.41) is 3.23. The Morgan fingerprint density at radius 1 is 1.00 bits per heavy atom. The van der Waals surface area contributed by atoms with E-state index in [1.807, 2.05) is 37.3 Å². The zero-order chi connectivity index (χ0) is 24.5. The molecule has 0 aliphatic heterocycles. The topological polar surface area (TPSA) is 67.9 Å². The molecule has 6 nitrogen and oxygen atoms in total. The van der Waals surface area contributed by atoms with Gasteiger partial charge in [0, 0.05) is 12.6 Å². The smallest absolute Gasteiger partial charge is 0.247 e. The Morgan fingerprint density at radius 3 is 2.24 bits per heavy atom. The van der Waals surface area contributed by atoms with Gasteiger partial charge in [-0.3, -0.25) is 9.59 Å². The first-order valence-corrected chi connectivity index (χ1v) is 12.4. The standard InChI is InChI=1S/C27H35ClN2O4/c1-19-10-12-20(13-11-19)18-30(25(31)17-28)26(21-14-15-23(33-2)24(16-21)34-3)27(32)29-22-8-6-4-5-7-9-22/h10-16,22,26H,4-9,17-18H2,1-3H3,(H,29,32)/t26-/m1/s1. The first-order valence-electron chi connectivity index (χ1n) is 11.9. The average Bonchev–Trinajstić information content (AvgIpc) is 3.12. The highest BCUT2D eigenvalue weighted by atomic mass is 35.5. The predicted octanol–water partition coefficient (Wildman–Crippen LogP) is 5.16. The fraction of sp³-hybridized carbons (Fsp3) is 0.481. The molecule has 0 aromatic heterocycles. The van der Waals surface area contributed by atoms with Gasteiger partial charge in [0.2, 0.25) is 11.8 Å². The van der Waals surface area contributed by atoms with Crippen molar-refractivity contribution in [3.63, 3.8) is 0 Å². The minimum atomic E-state index is -0.851. The number of nitrogens with one attached hydrogen (secondary N) is 1. The SMILES string of the molecule is COc1ccc([C@H](C(=O)NC2CCCCCC2)N(Cc2ccc(C)cc2)C(=O)CCl)cc1OC. The van der Waals surface area contributed by atoms with Crippen molar-refractivity contribution in [2.45, 2.75) is 64.1 Å². The van der Waals surface area contributed by atoms with Crippen LogP contribution >= 0.6 is 11.6 Å². The van der Waals surface area contributed by atoms with Crippen molar-refractivity contribution in [2.24, 2.45) is 0 Å². The molecule has 2 aromatic rings. The van der Waals surface area contributed by atoms with Gasteiger partial charge in [0.15, 0.2) is 11.5 Å². The quantitative estimate of drug-likeness (QED) is 0.392. The average molecular weight is 487 g/mol. The number of ether oxygens (including phenoxy) is 2. The van der Waals surface area contributed by atoms with Gasteiger partial charge in [-0.05, 0) is 43.0 Å². The molecule has 0 heterocycles. The molecule has 0 radical (unpaired) electrons. The number of hydrogen-bond acceptors (Lipinski definition) is 4. The van der Waals surface area contributed by atoms with E-state index in [0.717, 1.165) is 36.8 Å². The zero-order valence-corrected chi connectivity index (χ0v) is 21.1. The van der Waals surface area contributed by atoms with E-state index < -0.39 is 6.04 Å². The Hall–Kier alpha value is -2.73. The first-order chi connectivity index (χ1) is 16.5. The van der Waals surface area contributed by atoms with Crippen LogP contribution in [-0.2, 0) is 16.1 Å². The lowest BCUT2D eigenvalue weighted by Gasteiger charge is -2.32. The van der Waals surface area contributed by atoms with Gasteiger partial charge >= 0.3 is 0 Å². The number of nitrogens with zero attached hydrogens (tertiary/aromatic N) is 1. The van der Waals surface area contributed by atoms with Gasteiger partial charge in [-0.15, -0.1) is 11.6 Å². The summed E-state index contributed by atoms with van der Waals surface area (Å²) in [5.41, 5.74) is 2.70. The molecule has 2 aromatic carbocycles. The minimum absolute atomic E-state index is 0.102. The summed E-state index contributed by atoms with van der Waals surface area (Å²) < 4.78 is 10.9. The molecule has 184 valence electrons. The summed E-state index contributed by atoms with van der Waals surface area (Å²) in [6.07, 6.45) is 6.47. The molecule has 0 unspecified atom stereocenters. The van der Waals surface area contributed by atoms with Crippen LogP contribution in [0.25, 0.3) is 0 Å². The molecule has 3 rings (SSSR count). The van der Waals surface area contributed by atoms with Crippen molar-refractivity contribution >= 4 is 23.4 Å². The van der Waals surface area contributed by atoms with Crippen LogP contribution in [-0.4, -0.2) is 42.9 Å². The number of carbonyl (C=O) groups is 2. The van der Waals surface area contributed by atoms with E-state index in [2.05, 4.69) is 5.32 Å². The third-order valence-electron chi connectivity index (χ3n) is 6.39. The molecule has 1 atom stereocenters. The molecule has 1 fully saturated rings. The van der Waals surface area contributed by atoms with E-state index in [4.69, 9.17) is 21.1 Å². The van der Waals surface area contributed by atoms with Crippen molar-refractivity contribution in [3.05, 3.63) is 59.2 Å². The van der Waals surface area contributed by atoms with Crippen LogP contribution < -0.4 is 14.8 Å². The number of rotatable bonds is 9. The molecule has 7 heteroatoms. The van der Waals surface area contributed by atoms with E-state index in [1.54, 1.807) is 31.3 Å². The van der Waals surface area contributed by atoms with Crippen molar-refractivity contribution in [1.29, 1.82) is 0 Å². The second-order valence-electron chi connectivity index (χ2n) is 8.85. The molecular formula is C27H35ClN2O4. The molecule has 1 saturated carbocycles. The molecule has 2 amide bonds. The summed E-state index contributed by atoms with van der Waals surface area (Å²) >= 11 is 6.03. The van der Waals surface area contributed by atoms with Crippen LogP contribution in [0.15, 0.2) is 42.5 Å². The van der Waals surface area contributed by atoms with E-state index >= 15 is 0 Å². The van der Waals surface area contributed by atoms with Crippen LogP contribution in [0.2, 0.25) is 0 Å². The van der Waals surface area contributed by atoms with Gasteiger partial charge in [0.25, 0.3) is 0 Å². The number of aryl methyl sites for hydroxylation is 1. The maximum atomic E-state index is 13.8. The maximum Gasteiger partial charge on any atom is 0.247 e. The van der Waals surface area contributed by atoms with Gasteiger partial charge in [-0.1, -0.05) is 61.6 Å². The molecule has 1 aliphatic rings. The van der Waals surface area contributed by atoms with Gasteiger partial charge < -0.3 is 19.7 Å². The zero-order valence-electron chi connectivity index (χ0n) is 20.3. The van der Waals surface area contributed by atoms with Crippen molar-refractivity contribution in [2.75, 3.05) is 20.1 Å². The van der Waals surface area contributed by atoms with E-state index in [-0.39, 0.29) is 30.3 Å². The van der Waals surface area contributed by atoms with E-state index in [1.165, 1.54) is 12.8 Å². The minimum Gasteiger partial charge on any atom is -0.493 e. The second-order valence-corrected chi connectivity index (χ2v) is 9.12. The lowest BCUT2D eigenvalue weighted by Crippen LogP contribution is -2.46. The van der Waals surface area contributed by atoms with Crippen molar-refractivity contribution in [1.82, 2.24) is 10.2 Å². The number of carbonyl (C=O) groups excluding carboxylic acids is 2. The van der Waals surface area contributed by atoms with Crippen LogP contribution in [0, 0.1) is 6.92 Å². The van der Waals surface area contributed by atoms with E-state index in [9.17, 15) is 9.59 Å². The number of benzene rings is 2. The Kier molecular flexibility index (Phi) is 9.63. The highest BCUT2D eigenvalue weighted by Crippen LogP contribution is 2.33. The highest BCUT2D eigenvalue weighted by molar-refractivity contribution is 6.27. The number of amides is 2. The summed E-state index contributed by atoms with van der Waals surface area (Å²) in [4.78, 5) is 28.4. The van der Waals surface area contributed by atoms with Crippen LogP contribution in [0.3, 0.4) is 0 Å². The van der Waals surface area contributed by atoms with Gasteiger partial charge in [0.1, 0.15) is 11.9 Å². The van der Waals surface area contributed by atoms with E-state index in [0.29, 0.717) is 17.1 Å². The lowest BCUT2D eigenvalue weighted by molar-refractivity contribution is -0.140. The molecule has 1 N–H and O–H groups in total. The summed E-state index contributed by atoms with van der Waals surface area (Å²) in [6, 6.07) is 12.5.